The van der Waals surface area contributed by atoms with Gasteiger partial charge in [0.25, 0.3) is 0 Å². The molecule has 0 aliphatic heterocycles. The predicted octanol–water partition coefficient (Wildman–Crippen LogP) is 3.10. The maximum atomic E-state index is 11.9. The molecule has 0 unspecified atom stereocenters. The summed E-state index contributed by atoms with van der Waals surface area (Å²) in [6.45, 7) is -4.87. The Morgan fingerprint density at radius 2 is 2.00 bits per heavy atom. The van der Waals surface area contributed by atoms with E-state index in [0.717, 1.165) is 6.08 Å². The summed E-state index contributed by atoms with van der Waals surface area (Å²) in [4.78, 5) is 0. The number of benzene rings is 1. The fourth-order valence-corrected chi connectivity index (χ4v) is 0.965. The van der Waals surface area contributed by atoms with Crippen LogP contribution in [0.4, 0.5) is 12.9 Å². The van der Waals surface area contributed by atoms with Gasteiger partial charge in [0.05, 0.1) is 7.11 Å². The van der Waals surface area contributed by atoms with Crippen LogP contribution in [0.15, 0.2) is 30.2 Å². The van der Waals surface area contributed by atoms with Crippen molar-refractivity contribution in [3.05, 3.63) is 35.8 Å². The maximum Gasteiger partial charge on any atom is 0.502 e. The maximum absolute atomic E-state index is 11.9. The molecule has 0 fully saturated rings. The molecule has 0 aliphatic rings. The van der Waals surface area contributed by atoms with Gasteiger partial charge in [-0.25, -0.2) is 0 Å². The van der Waals surface area contributed by atoms with Crippen molar-refractivity contribution in [3.8, 4) is 5.75 Å². The average molecular weight is 201 g/mol. The summed E-state index contributed by atoms with van der Waals surface area (Å²) in [7, 11) is 1.47. The number of hydrogen-bond acceptors (Lipinski definition) is 1. The van der Waals surface area contributed by atoms with E-state index < -0.39 is 6.98 Å². The lowest BCUT2D eigenvalue weighted by atomic mass is 9.90. The van der Waals surface area contributed by atoms with Crippen LogP contribution in [0.3, 0.4) is 0 Å². The van der Waals surface area contributed by atoms with Crippen LogP contribution >= 0.6 is 0 Å². The molecule has 1 aromatic carbocycles. The van der Waals surface area contributed by atoms with E-state index in [-0.39, 0.29) is 5.98 Å². The molecular formula is C9H9BF3O-. The summed E-state index contributed by atoms with van der Waals surface area (Å²) in [5.74, 6) is 0.802. The van der Waals surface area contributed by atoms with Gasteiger partial charge in [-0.15, -0.1) is 5.98 Å². The van der Waals surface area contributed by atoms with Gasteiger partial charge < -0.3 is 17.7 Å². The van der Waals surface area contributed by atoms with Crippen LogP contribution < -0.4 is 4.74 Å². The second-order valence-corrected chi connectivity index (χ2v) is 2.76. The third-order valence-electron chi connectivity index (χ3n) is 1.60. The van der Waals surface area contributed by atoms with Crippen molar-refractivity contribution >= 4 is 13.1 Å². The standard InChI is InChI=1S/C9H9BF3O/c1-14-9-4-2-3-8(7-9)5-6-10(11,12)13/h2-7H,1H3/q-1/b6-5+. The minimum absolute atomic E-state index is 0.259. The first-order valence-electron chi connectivity index (χ1n) is 4.04. The molecule has 0 amide bonds. The molecule has 0 bridgehead atoms. The van der Waals surface area contributed by atoms with Crippen LogP contribution in [0.2, 0.25) is 0 Å². The van der Waals surface area contributed by atoms with Gasteiger partial charge in [-0.05, 0) is 17.7 Å². The van der Waals surface area contributed by atoms with E-state index in [2.05, 4.69) is 0 Å². The first-order valence-corrected chi connectivity index (χ1v) is 4.04. The SMILES string of the molecule is COc1cccc(/C=C/[B-](F)(F)F)c1. The summed E-state index contributed by atoms with van der Waals surface area (Å²) in [5.41, 5.74) is 0.476. The topological polar surface area (TPSA) is 9.23 Å². The lowest BCUT2D eigenvalue weighted by Crippen LogP contribution is -2.09. The first-order chi connectivity index (χ1) is 6.51. The third kappa shape index (κ3) is 3.55. The molecule has 0 atom stereocenters. The van der Waals surface area contributed by atoms with Crippen molar-refractivity contribution in [2.45, 2.75) is 0 Å². The molecule has 14 heavy (non-hydrogen) atoms. The predicted molar refractivity (Wildman–Crippen MR) is 51.1 cm³/mol. The van der Waals surface area contributed by atoms with Crippen LogP contribution in [0.5, 0.6) is 5.75 Å². The Morgan fingerprint density at radius 3 is 2.57 bits per heavy atom. The molecule has 1 rings (SSSR count). The second-order valence-electron chi connectivity index (χ2n) is 2.76. The molecule has 76 valence electrons. The summed E-state index contributed by atoms with van der Waals surface area (Å²) in [6.07, 6.45) is 1.03. The third-order valence-corrected chi connectivity index (χ3v) is 1.60. The highest BCUT2D eigenvalue weighted by Gasteiger charge is 2.16. The van der Waals surface area contributed by atoms with Crippen molar-refractivity contribution in [2.75, 3.05) is 7.11 Å². The Kier molecular flexibility index (Phi) is 3.22. The fourth-order valence-electron chi connectivity index (χ4n) is 0.965. The zero-order valence-corrected chi connectivity index (χ0v) is 7.58. The van der Waals surface area contributed by atoms with E-state index in [0.29, 0.717) is 11.3 Å². The van der Waals surface area contributed by atoms with Crippen molar-refractivity contribution in [1.82, 2.24) is 0 Å². The van der Waals surface area contributed by atoms with Gasteiger partial charge in [0.2, 0.25) is 0 Å². The molecule has 0 N–H and O–H groups in total. The normalized spacial score (nSPS) is 12.0. The first kappa shape index (κ1) is 10.7. The largest absolute Gasteiger partial charge is 0.502 e. The monoisotopic (exact) mass is 201 g/mol. The van der Waals surface area contributed by atoms with E-state index in [1.807, 2.05) is 0 Å². The summed E-state index contributed by atoms with van der Waals surface area (Å²) in [5, 5.41) is 0. The molecule has 0 spiro atoms. The van der Waals surface area contributed by atoms with E-state index in [9.17, 15) is 12.9 Å². The molecule has 0 aliphatic carbocycles. The number of hydrogen-bond donors (Lipinski definition) is 0. The van der Waals surface area contributed by atoms with Crippen molar-refractivity contribution in [3.63, 3.8) is 0 Å². The van der Waals surface area contributed by atoms with E-state index in [1.54, 1.807) is 24.3 Å². The van der Waals surface area contributed by atoms with E-state index in [4.69, 9.17) is 4.74 Å². The Labute approximate surface area is 80.3 Å². The van der Waals surface area contributed by atoms with Gasteiger partial charge >= 0.3 is 6.98 Å². The Morgan fingerprint density at radius 1 is 1.29 bits per heavy atom. The minimum atomic E-state index is -4.87. The quantitative estimate of drug-likeness (QED) is 0.682. The highest BCUT2D eigenvalue weighted by atomic mass is 19.4. The Hall–Kier alpha value is -1.39. The van der Waals surface area contributed by atoms with Crippen LogP contribution in [-0.2, 0) is 0 Å². The van der Waals surface area contributed by atoms with Crippen LogP contribution in [0.25, 0.3) is 6.08 Å². The number of halogens is 3. The molecule has 0 aromatic heterocycles. The highest BCUT2D eigenvalue weighted by Crippen LogP contribution is 2.16. The van der Waals surface area contributed by atoms with Crippen molar-refractivity contribution < 1.29 is 17.7 Å². The zero-order valence-electron chi connectivity index (χ0n) is 7.58. The van der Waals surface area contributed by atoms with Gasteiger partial charge in [0.15, 0.2) is 0 Å². The summed E-state index contributed by atoms with van der Waals surface area (Å²) in [6, 6.07) is 6.44. The molecule has 5 heteroatoms. The fraction of sp³-hybridized carbons (Fsp3) is 0.111. The molecule has 0 radical (unpaired) electrons. The average Bonchev–Trinajstić information content (AvgIpc) is 2.14. The summed E-state index contributed by atoms with van der Waals surface area (Å²) >= 11 is 0. The lowest BCUT2D eigenvalue weighted by Gasteiger charge is -2.06. The van der Waals surface area contributed by atoms with E-state index in [1.165, 1.54) is 7.11 Å². The molecule has 0 heterocycles. The van der Waals surface area contributed by atoms with Crippen LogP contribution in [-0.4, -0.2) is 14.1 Å². The Balaban J connectivity index is 2.82. The van der Waals surface area contributed by atoms with Gasteiger partial charge in [0.1, 0.15) is 5.75 Å². The molecule has 0 saturated heterocycles. The molecule has 1 aromatic rings. The molecular weight excluding hydrogens is 192 g/mol. The summed E-state index contributed by atoms with van der Waals surface area (Å²) < 4.78 is 40.5. The number of methoxy groups -OCH3 is 1. The smallest absolute Gasteiger partial charge is 0.497 e. The van der Waals surface area contributed by atoms with Crippen LogP contribution in [0.1, 0.15) is 5.56 Å². The van der Waals surface area contributed by atoms with Gasteiger partial charge in [0, 0.05) is 0 Å². The van der Waals surface area contributed by atoms with Crippen LogP contribution in [0, 0.1) is 0 Å². The number of rotatable bonds is 3. The highest BCUT2D eigenvalue weighted by molar-refractivity contribution is 6.64. The minimum Gasteiger partial charge on any atom is -0.497 e. The second kappa shape index (κ2) is 4.22. The van der Waals surface area contributed by atoms with Gasteiger partial charge in [-0.2, -0.15) is 0 Å². The van der Waals surface area contributed by atoms with Crippen molar-refractivity contribution in [2.24, 2.45) is 0 Å². The van der Waals surface area contributed by atoms with E-state index >= 15 is 0 Å². The number of ether oxygens (including phenoxy) is 1. The van der Waals surface area contributed by atoms with Gasteiger partial charge in [-0.3, -0.25) is 0 Å². The zero-order chi connectivity index (χ0) is 10.6. The Bertz CT molecular complexity index is 333. The molecule has 1 nitrogen and oxygen atoms in total. The van der Waals surface area contributed by atoms with Crippen molar-refractivity contribution in [1.29, 1.82) is 0 Å². The van der Waals surface area contributed by atoms with Gasteiger partial charge in [-0.1, -0.05) is 18.2 Å². The lowest BCUT2D eigenvalue weighted by molar-refractivity contribution is 0.414. The molecule has 0 saturated carbocycles.